The van der Waals surface area contributed by atoms with Gasteiger partial charge in [0.05, 0.1) is 6.54 Å². The molecule has 0 bridgehead atoms. The maximum atomic E-state index is 13.7. The summed E-state index contributed by atoms with van der Waals surface area (Å²) >= 11 is 0. The Morgan fingerprint density at radius 2 is 1.45 bits per heavy atom. The first-order valence-electron chi connectivity index (χ1n) is 9.77. The van der Waals surface area contributed by atoms with Crippen LogP contribution in [0, 0.1) is 5.82 Å². The molecule has 4 rings (SSSR count). The number of rotatable bonds is 7. The highest BCUT2D eigenvalue weighted by atomic mass is 19.1. The molecular weight excluding hydrogens is 397 g/mol. The van der Waals surface area contributed by atoms with Crippen molar-refractivity contribution in [3.8, 4) is 28.3 Å². The van der Waals surface area contributed by atoms with Gasteiger partial charge in [0.25, 0.3) is 0 Å². The van der Waals surface area contributed by atoms with Gasteiger partial charge in [0.1, 0.15) is 24.1 Å². The molecule has 0 saturated heterocycles. The minimum atomic E-state index is -1.09. The van der Waals surface area contributed by atoms with Crippen LogP contribution in [-0.4, -0.2) is 32.6 Å². The van der Waals surface area contributed by atoms with Crippen molar-refractivity contribution in [2.24, 2.45) is 0 Å². The van der Waals surface area contributed by atoms with E-state index in [1.54, 1.807) is 12.1 Å². The third kappa shape index (κ3) is 4.84. The minimum Gasteiger partial charge on any atom is -0.488 e. The molecule has 0 aliphatic carbocycles. The summed E-state index contributed by atoms with van der Waals surface area (Å²) < 4.78 is 20.1. The second-order valence-electron chi connectivity index (χ2n) is 6.90. The van der Waals surface area contributed by atoms with E-state index < -0.39 is 17.6 Å². The smallest absolute Gasteiger partial charge is 0.364 e. The van der Waals surface area contributed by atoms with Gasteiger partial charge >= 0.3 is 5.69 Å². The molecule has 0 aliphatic heterocycles. The number of para-hydroxylation sites is 1. The Balaban J connectivity index is 1.62. The fourth-order valence-electron chi connectivity index (χ4n) is 3.12. The first kappa shape index (κ1) is 20.4. The van der Waals surface area contributed by atoms with E-state index >= 15 is 0 Å². The van der Waals surface area contributed by atoms with E-state index in [1.165, 1.54) is 12.1 Å². The van der Waals surface area contributed by atoms with E-state index in [9.17, 15) is 14.3 Å². The van der Waals surface area contributed by atoms with Gasteiger partial charge in [-0.2, -0.15) is 10.1 Å². The van der Waals surface area contributed by atoms with Crippen molar-refractivity contribution in [3.63, 3.8) is 0 Å². The topological polar surface area (TPSA) is 77.2 Å². The van der Waals surface area contributed by atoms with Crippen molar-refractivity contribution >= 4 is 0 Å². The number of hydrogen-bond acceptors (Lipinski definition) is 5. The fraction of sp³-hybridized carbons (Fsp3) is 0.125. The molecule has 0 aliphatic rings. The Labute approximate surface area is 178 Å². The van der Waals surface area contributed by atoms with Gasteiger partial charge in [-0.15, -0.1) is 0 Å². The second-order valence-corrected chi connectivity index (χ2v) is 6.90. The monoisotopic (exact) mass is 417 g/mol. The molecule has 1 aromatic heterocycles. The van der Waals surface area contributed by atoms with Crippen molar-refractivity contribution in [2.75, 3.05) is 6.61 Å². The highest BCUT2D eigenvalue weighted by Crippen LogP contribution is 2.27. The lowest BCUT2D eigenvalue weighted by atomic mass is 10.0. The van der Waals surface area contributed by atoms with Gasteiger partial charge in [0.2, 0.25) is 0 Å². The summed E-state index contributed by atoms with van der Waals surface area (Å²) in [5, 5.41) is 14.8. The van der Waals surface area contributed by atoms with Crippen LogP contribution in [0.25, 0.3) is 22.5 Å². The van der Waals surface area contributed by atoms with Crippen LogP contribution < -0.4 is 10.4 Å². The van der Waals surface area contributed by atoms with Crippen molar-refractivity contribution in [3.05, 3.63) is 101 Å². The Morgan fingerprint density at radius 1 is 0.871 bits per heavy atom. The third-order valence-corrected chi connectivity index (χ3v) is 4.62. The molecule has 1 N–H and O–H groups in total. The van der Waals surface area contributed by atoms with Gasteiger partial charge in [-0.25, -0.2) is 13.9 Å². The molecule has 6 nitrogen and oxygen atoms in total. The fourth-order valence-corrected chi connectivity index (χ4v) is 3.12. The summed E-state index contributed by atoms with van der Waals surface area (Å²) in [4.78, 5) is 16.9. The van der Waals surface area contributed by atoms with Crippen molar-refractivity contribution in [2.45, 2.75) is 12.6 Å². The maximum Gasteiger partial charge on any atom is 0.364 e. The van der Waals surface area contributed by atoms with Crippen LogP contribution in [0.5, 0.6) is 5.75 Å². The highest BCUT2D eigenvalue weighted by Gasteiger charge is 2.17. The highest BCUT2D eigenvalue weighted by molar-refractivity contribution is 5.77. The Kier molecular flexibility index (Phi) is 6.14. The van der Waals surface area contributed by atoms with E-state index in [1.807, 2.05) is 60.7 Å². The SMILES string of the molecule is O=c1nc(-c2ccccc2)c(-c2ccccc2)nn1CC(O)COc1ccccc1F. The zero-order chi connectivity index (χ0) is 21.6. The van der Waals surface area contributed by atoms with Crippen molar-refractivity contribution in [1.29, 1.82) is 0 Å². The van der Waals surface area contributed by atoms with Crippen LogP contribution in [0.4, 0.5) is 4.39 Å². The summed E-state index contributed by atoms with van der Waals surface area (Å²) in [6, 6.07) is 24.6. The van der Waals surface area contributed by atoms with E-state index in [-0.39, 0.29) is 18.9 Å². The first-order valence-corrected chi connectivity index (χ1v) is 9.77. The summed E-state index contributed by atoms with van der Waals surface area (Å²) in [6.07, 6.45) is -1.09. The molecule has 4 aromatic rings. The van der Waals surface area contributed by atoms with E-state index in [4.69, 9.17) is 4.74 Å². The molecule has 0 radical (unpaired) electrons. The number of benzene rings is 3. The number of halogens is 1. The van der Waals surface area contributed by atoms with Gasteiger partial charge in [0.15, 0.2) is 11.6 Å². The zero-order valence-electron chi connectivity index (χ0n) is 16.6. The van der Waals surface area contributed by atoms with Crippen LogP contribution >= 0.6 is 0 Å². The summed E-state index contributed by atoms with van der Waals surface area (Å²) in [5.74, 6) is -0.491. The van der Waals surface area contributed by atoms with Gasteiger partial charge in [-0.3, -0.25) is 0 Å². The standard InChI is InChI=1S/C24H20FN3O3/c25-20-13-7-8-14-21(20)31-16-19(29)15-28-24(30)26-22(17-9-3-1-4-10-17)23(27-28)18-11-5-2-6-12-18/h1-14,19,29H,15-16H2. The number of nitrogens with zero attached hydrogens (tertiary/aromatic N) is 3. The van der Waals surface area contributed by atoms with Crippen LogP contribution in [0.1, 0.15) is 0 Å². The molecule has 0 amide bonds. The van der Waals surface area contributed by atoms with Crippen LogP contribution in [-0.2, 0) is 6.54 Å². The second kappa shape index (κ2) is 9.32. The predicted molar refractivity (Wildman–Crippen MR) is 115 cm³/mol. The van der Waals surface area contributed by atoms with Gasteiger partial charge < -0.3 is 9.84 Å². The maximum absolute atomic E-state index is 13.7. The van der Waals surface area contributed by atoms with E-state index in [0.29, 0.717) is 11.4 Å². The quantitative estimate of drug-likeness (QED) is 0.498. The molecule has 3 aromatic carbocycles. The Bertz CT molecular complexity index is 1210. The third-order valence-electron chi connectivity index (χ3n) is 4.62. The number of hydrogen-bond donors (Lipinski definition) is 1. The normalized spacial score (nSPS) is 11.8. The number of aliphatic hydroxyl groups excluding tert-OH is 1. The largest absolute Gasteiger partial charge is 0.488 e. The summed E-state index contributed by atoms with van der Waals surface area (Å²) in [5.41, 5.74) is 1.95. The van der Waals surface area contributed by atoms with Crippen LogP contribution in [0.3, 0.4) is 0 Å². The van der Waals surface area contributed by atoms with E-state index in [0.717, 1.165) is 15.8 Å². The lowest BCUT2D eigenvalue weighted by Gasteiger charge is -2.15. The average Bonchev–Trinajstić information content (AvgIpc) is 2.81. The lowest BCUT2D eigenvalue weighted by molar-refractivity contribution is 0.0857. The number of aromatic nitrogens is 3. The van der Waals surface area contributed by atoms with Gasteiger partial charge in [0, 0.05) is 11.1 Å². The molecular formula is C24H20FN3O3. The van der Waals surface area contributed by atoms with Crippen molar-refractivity contribution in [1.82, 2.24) is 14.8 Å². The zero-order valence-corrected chi connectivity index (χ0v) is 16.6. The number of ether oxygens (including phenoxy) is 1. The molecule has 1 heterocycles. The predicted octanol–water partition coefficient (Wildman–Crippen LogP) is 3.55. The van der Waals surface area contributed by atoms with Gasteiger partial charge in [-0.05, 0) is 12.1 Å². The van der Waals surface area contributed by atoms with Gasteiger partial charge in [-0.1, -0.05) is 72.8 Å². The van der Waals surface area contributed by atoms with Crippen LogP contribution in [0.15, 0.2) is 89.7 Å². The molecule has 0 spiro atoms. The van der Waals surface area contributed by atoms with Crippen molar-refractivity contribution < 1.29 is 14.2 Å². The molecule has 0 fully saturated rings. The molecule has 0 saturated carbocycles. The summed E-state index contributed by atoms with van der Waals surface area (Å²) in [7, 11) is 0. The average molecular weight is 417 g/mol. The first-order chi connectivity index (χ1) is 15.1. The molecule has 156 valence electrons. The molecule has 1 atom stereocenters. The Morgan fingerprint density at radius 3 is 2.10 bits per heavy atom. The molecule has 31 heavy (non-hydrogen) atoms. The minimum absolute atomic E-state index is 0.0318. The summed E-state index contributed by atoms with van der Waals surface area (Å²) in [6.45, 7) is -0.342. The van der Waals surface area contributed by atoms with E-state index in [2.05, 4.69) is 10.1 Å². The Hall–Kier alpha value is -3.84. The lowest BCUT2D eigenvalue weighted by Crippen LogP contribution is -2.34. The van der Waals surface area contributed by atoms with Crippen LogP contribution in [0.2, 0.25) is 0 Å². The molecule has 1 unspecified atom stereocenters. The molecule has 7 heteroatoms. The number of aliphatic hydroxyl groups is 1.